The maximum Gasteiger partial charge on any atom is 0.232 e. The second-order valence-electron chi connectivity index (χ2n) is 5.13. The summed E-state index contributed by atoms with van der Waals surface area (Å²) in [5.41, 5.74) is 3.42. The molecule has 1 N–H and O–H groups in total. The molecule has 0 fully saturated rings. The van der Waals surface area contributed by atoms with Crippen molar-refractivity contribution in [2.24, 2.45) is 0 Å². The standard InChI is InChI=1S/C17H12N4OS3/c22-15(7-12-9-24-16(19-12)11-4-6-23-8-11)21-17-20-14(10-25-17)13-3-1-2-5-18-13/h1-6,8-10H,7H2,(H,20,21,22). The first-order chi connectivity index (χ1) is 12.3. The third kappa shape index (κ3) is 3.81. The highest BCUT2D eigenvalue weighted by atomic mass is 32.1. The van der Waals surface area contributed by atoms with Gasteiger partial charge in [-0.2, -0.15) is 11.3 Å². The Kier molecular flexibility index (Phi) is 4.64. The summed E-state index contributed by atoms with van der Waals surface area (Å²) >= 11 is 4.57. The van der Waals surface area contributed by atoms with Crippen LogP contribution >= 0.6 is 34.0 Å². The van der Waals surface area contributed by atoms with Crippen LogP contribution in [0.25, 0.3) is 22.0 Å². The molecule has 0 spiro atoms. The Morgan fingerprint density at radius 1 is 1.04 bits per heavy atom. The van der Waals surface area contributed by atoms with Crippen LogP contribution in [0, 0.1) is 0 Å². The maximum absolute atomic E-state index is 12.2. The van der Waals surface area contributed by atoms with Gasteiger partial charge in [0.2, 0.25) is 5.91 Å². The predicted octanol–water partition coefficient (Wildman–Crippen LogP) is 4.57. The lowest BCUT2D eigenvalue weighted by Gasteiger charge is -1.99. The van der Waals surface area contributed by atoms with Gasteiger partial charge in [-0.25, -0.2) is 9.97 Å². The van der Waals surface area contributed by atoms with E-state index >= 15 is 0 Å². The zero-order valence-corrected chi connectivity index (χ0v) is 15.3. The summed E-state index contributed by atoms with van der Waals surface area (Å²) in [5, 5.41) is 12.2. The van der Waals surface area contributed by atoms with Gasteiger partial charge in [0.05, 0.1) is 17.8 Å². The third-order valence-electron chi connectivity index (χ3n) is 3.34. The Morgan fingerprint density at radius 2 is 2.00 bits per heavy atom. The highest BCUT2D eigenvalue weighted by Gasteiger charge is 2.12. The number of anilines is 1. The Labute approximate surface area is 156 Å². The van der Waals surface area contributed by atoms with Crippen LogP contribution < -0.4 is 5.32 Å². The van der Waals surface area contributed by atoms with E-state index in [1.165, 1.54) is 11.3 Å². The zero-order chi connectivity index (χ0) is 17.1. The predicted molar refractivity (Wildman–Crippen MR) is 103 cm³/mol. The molecule has 4 aromatic heterocycles. The first kappa shape index (κ1) is 16.1. The molecule has 0 atom stereocenters. The summed E-state index contributed by atoms with van der Waals surface area (Å²) in [5.74, 6) is -0.121. The molecule has 4 rings (SSSR count). The first-order valence-electron chi connectivity index (χ1n) is 7.42. The van der Waals surface area contributed by atoms with Gasteiger partial charge in [0, 0.05) is 27.9 Å². The van der Waals surface area contributed by atoms with E-state index in [0.29, 0.717) is 5.13 Å². The smallest absolute Gasteiger partial charge is 0.232 e. The minimum Gasteiger partial charge on any atom is -0.302 e. The van der Waals surface area contributed by atoms with Gasteiger partial charge in [-0.05, 0) is 23.6 Å². The van der Waals surface area contributed by atoms with Crippen LogP contribution in [0.2, 0.25) is 0 Å². The van der Waals surface area contributed by atoms with E-state index in [4.69, 9.17) is 0 Å². The Hall–Kier alpha value is -2.42. The molecule has 25 heavy (non-hydrogen) atoms. The fourth-order valence-electron chi connectivity index (χ4n) is 2.20. The van der Waals surface area contributed by atoms with E-state index in [1.54, 1.807) is 28.9 Å². The average Bonchev–Trinajstić information content (AvgIpc) is 3.37. The fraction of sp³-hybridized carbons (Fsp3) is 0.0588. The maximum atomic E-state index is 12.2. The molecule has 0 aliphatic heterocycles. The summed E-state index contributed by atoms with van der Waals surface area (Å²) in [6.07, 6.45) is 1.96. The summed E-state index contributed by atoms with van der Waals surface area (Å²) < 4.78 is 0. The van der Waals surface area contributed by atoms with Crippen molar-refractivity contribution in [3.8, 4) is 22.0 Å². The fourth-order valence-corrected chi connectivity index (χ4v) is 4.45. The summed E-state index contributed by atoms with van der Waals surface area (Å²) in [6.45, 7) is 0. The van der Waals surface area contributed by atoms with Crippen LogP contribution in [-0.4, -0.2) is 20.9 Å². The largest absolute Gasteiger partial charge is 0.302 e. The number of carbonyl (C=O) groups is 1. The van der Waals surface area contributed by atoms with Crippen LogP contribution in [0.15, 0.2) is 52.0 Å². The highest BCUT2D eigenvalue weighted by molar-refractivity contribution is 7.14. The lowest BCUT2D eigenvalue weighted by Crippen LogP contribution is -2.14. The number of thiazole rings is 2. The molecule has 0 unspecified atom stereocenters. The van der Waals surface area contributed by atoms with Crippen molar-refractivity contribution >= 4 is 45.0 Å². The SMILES string of the molecule is O=C(Cc1csc(-c2ccsc2)n1)Nc1nc(-c2ccccn2)cs1. The number of aromatic nitrogens is 3. The Balaban J connectivity index is 1.40. The van der Waals surface area contributed by atoms with E-state index in [0.717, 1.165) is 27.7 Å². The van der Waals surface area contributed by atoms with Crippen molar-refractivity contribution < 1.29 is 4.79 Å². The molecule has 0 aliphatic rings. The molecule has 5 nitrogen and oxygen atoms in total. The quantitative estimate of drug-likeness (QED) is 0.547. The number of amides is 1. The van der Waals surface area contributed by atoms with Gasteiger partial charge in [-0.1, -0.05) is 6.07 Å². The first-order valence-corrected chi connectivity index (χ1v) is 10.1. The number of nitrogens with zero attached hydrogens (tertiary/aromatic N) is 3. The van der Waals surface area contributed by atoms with Crippen molar-refractivity contribution in [1.29, 1.82) is 0 Å². The molecule has 4 aromatic rings. The number of pyridine rings is 1. The molecule has 124 valence electrons. The molecule has 0 bridgehead atoms. The topological polar surface area (TPSA) is 67.8 Å². The molecular weight excluding hydrogens is 372 g/mol. The van der Waals surface area contributed by atoms with Crippen LogP contribution in [0.5, 0.6) is 0 Å². The van der Waals surface area contributed by atoms with Crippen LogP contribution in [-0.2, 0) is 11.2 Å². The summed E-state index contributed by atoms with van der Waals surface area (Å²) in [7, 11) is 0. The third-order valence-corrected chi connectivity index (χ3v) is 5.72. The number of hydrogen-bond donors (Lipinski definition) is 1. The Morgan fingerprint density at radius 3 is 2.80 bits per heavy atom. The zero-order valence-electron chi connectivity index (χ0n) is 12.9. The lowest BCUT2D eigenvalue weighted by atomic mass is 10.3. The van der Waals surface area contributed by atoms with Crippen LogP contribution in [0.3, 0.4) is 0 Å². The van der Waals surface area contributed by atoms with Crippen molar-refractivity contribution in [2.45, 2.75) is 6.42 Å². The van der Waals surface area contributed by atoms with Gasteiger partial charge in [0.1, 0.15) is 10.7 Å². The van der Waals surface area contributed by atoms with E-state index < -0.39 is 0 Å². The number of rotatable bonds is 5. The molecule has 1 amide bonds. The lowest BCUT2D eigenvalue weighted by molar-refractivity contribution is -0.115. The van der Waals surface area contributed by atoms with Gasteiger partial charge in [-0.15, -0.1) is 22.7 Å². The molecule has 0 saturated carbocycles. The number of thiophene rings is 1. The molecular formula is C17H12N4OS3. The number of carbonyl (C=O) groups excluding carboxylic acids is 1. The van der Waals surface area contributed by atoms with Gasteiger partial charge in [0.25, 0.3) is 0 Å². The van der Waals surface area contributed by atoms with Crippen molar-refractivity contribution in [2.75, 3.05) is 5.32 Å². The number of hydrogen-bond acceptors (Lipinski definition) is 7. The van der Waals surface area contributed by atoms with E-state index in [1.807, 2.05) is 40.4 Å². The van der Waals surface area contributed by atoms with Crippen molar-refractivity contribution in [3.63, 3.8) is 0 Å². The minimum absolute atomic E-state index is 0.121. The van der Waals surface area contributed by atoms with Crippen LogP contribution in [0.4, 0.5) is 5.13 Å². The summed E-state index contributed by atoms with van der Waals surface area (Å²) in [6, 6.07) is 7.69. The second kappa shape index (κ2) is 7.22. The minimum atomic E-state index is -0.121. The normalized spacial score (nSPS) is 10.7. The van der Waals surface area contributed by atoms with Crippen molar-refractivity contribution in [1.82, 2.24) is 15.0 Å². The molecule has 0 aromatic carbocycles. The molecule has 0 saturated heterocycles. The van der Waals surface area contributed by atoms with Gasteiger partial charge >= 0.3 is 0 Å². The summed E-state index contributed by atoms with van der Waals surface area (Å²) in [4.78, 5) is 25.4. The molecule has 0 radical (unpaired) electrons. The van der Waals surface area contributed by atoms with Crippen LogP contribution in [0.1, 0.15) is 5.69 Å². The van der Waals surface area contributed by atoms with Gasteiger partial charge in [0.15, 0.2) is 5.13 Å². The monoisotopic (exact) mass is 384 g/mol. The van der Waals surface area contributed by atoms with Gasteiger partial charge in [-0.3, -0.25) is 9.78 Å². The number of nitrogens with one attached hydrogen (secondary N) is 1. The van der Waals surface area contributed by atoms with E-state index in [2.05, 4.69) is 25.6 Å². The molecule has 0 aliphatic carbocycles. The average molecular weight is 385 g/mol. The van der Waals surface area contributed by atoms with E-state index in [-0.39, 0.29) is 12.3 Å². The van der Waals surface area contributed by atoms with E-state index in [9.17, 15) is 4.79 Å². The molecule has 4 heterocycles. The van der Waals surface area contributed by atoms with Gasteiger partial charge < -0.3 is 5.32 Å². The Bertz CT molecular complexity index is 976. The van der Waals surface area contributed by atoms with Crippen molar-refractivity contribution in [3.05, 3.63) is 57.7 Å². The molecule has 8 heteroatoms. The highest BCUT2D eigenvalue weighted by Crippen LogP contribution is 2.26. The second-order valence-corrected chi connectivity index (χ2v) is 7.63.